The van der Waals surface area contributed by atoms with E-state index < -0.39 is 0 Å². The molecule has 0 heterocycles. The summed E-state index contributed by atoms with van der Waals surface area (Å²) >= 11 is 0. The van der Waals surface area contributed by atoms with Crippen molar-refractivity contribution in [1.82, 2.24) is 4.90 Å². The first-order valence-electron chi connectivity index (χ1n) is 7.11. The van der Waals surface area contributed by atoms with E-state index in [1.807, 2.05) is 0 Å². The number of likely N-dealkylation sites (N-methyl/N-ethyl adjacent to an activating group) is 1. The minimum atomic E-state index is 0.260. The van der Waals surface area contributed by atoms with Crippen LogP contribution in [0.5, 0.6) is 0 Å². The fourth-order valence-corrected chi connectivity index (χ4v) is 3.46. The van der Waals surface area contributed by atoms with Gasteiger partial charge in [-0.05, 0) is 32.2 Å². The summed E-state index contributed by atoms with van der Waals surface area (Å²) in [5.41, 5.74) is 0. The zero-order valence-corrected chi connectivity index (χ0v) is 10.6. The van der Waals surface area contributed by atoms with Crippen molar-refractivity contribution in [3.63, 3.8) is 0 Å². The normalized spacial score (nSPS) is 28.6. The van der Waals surface area contributed by atoms with Crippen molar-refractivity contribution in [1.29, 1.82) is 0 Å². The second-order valence-electron chi connectivity index (χ2n) is 5.35. The van der Waals surface area contributed by atoms with E-state index in [9.17, 15) is 4.79 Å². The first kappa shape index (κ1) is 12.1. The minimum absolute atomic E-state index is 0.260. The summed E-state index contributed by atoms with van der Waals surface area (Å²) in [6, 6.07) is 0.965. The molecular formula is C14H25NO. The molecule has 92 valence electrons. The van der Waals surface area contributed by atoms with Gasteiger partial charge in [-0.2, -0.15) is 0 Å². The quantitative estimate of drug-likeness (QED) is 0.685. The molecule has 0 aromatic rings. The van der Waals surface area contributed by atoms with Gasteiger partial charge < -0.3 is 0 Å². The number of nitrogens with zero attached hydrogens (tertiary/aromatic N) is 1. The van der Waals surface area contributed by atoms with Crippen molar-refractivity contribution in [3.8, 4) is 0 Å². The van der Waals surface area contributed by atoms with Crippen LogP contribution in [0.2, 0.25) is 0 Å². The van der Waals surface area contributed by atoms with E-state index in [-0.39, 0.29) is 6.04 Å². The molecule has 2 saturated carbocycles. The third kappa shape index (κ3) is 2.65. The molecule has 0 N–H and O–H groups in total. The lowest BCUT2D eigenvalue weighted by atomic mass is 10.0. The number of carbonyl (C=O) groups is 1. The van der Waals surface area contributed by atoms with Gasteiger partial charge in [0.15, 0.2) is 0 Å². The third-order valence-electron chi connectivity index (χ3n) is 4.33. The molecule has 0 aromatic heterocycles. The van der Waals surface area contributed by atoms with Crippen molar-refractivity contribution in [2.75, 3.05) is 6.54 Å². The van der Waals surface area contributed by atoms with Crippen molar-refractivity contribution in [3.05, 3.63) is 0 Å². The number of rotatable bonds is 3. The average molecular weight is 223 g/mol. The summed E-state index contributed by atoms with van der Waals surface area (Å²) in [4.78, 5) is 14.6. The second-order valence-corrected chi connectivity index (χ2v) is 5.35. The van der Waals surface area contributed by atoms with Crippen molar-refractivity contribution < 1.29 is 4.79 Å². The Morgan fingerprint density at radius 2 is 1.75 bits per heavy atom. The summed E-state index contributed by atoms with van der Waals surface area (Å²) in [7, 11) is 0. The highest BCUT2D eigenvalue weighted by molar-refractivity contribution is 5.84. The lowest BCUT2D eigenvalue weighted by Crippen LogP contribution is -2.45. The molecule has 0 spiro atoms. The summed E-state index contributed by atoms with van der Waals surface area (Å²) < 4.78 is 0. The van der Waals surface area contributed by atoms with Crippen LogP contribution in [-0.4, -0.2) is 29.3 Å². The van der Waals surface area contributed by atoms with Gasteiger partial charge in [-0.25, -0.2) is 0 Å². The van der Waals surface area contributed by atoms with E-state index in [2.05, 4.69) is 11.8 Å². The van der Waals surface area contributed by atoms with Gasteiger partial charge in [0, 0.05) is 12.5 Å². The molecule has 2 heteroatoms. The Hall–Kier alpha value is -0.370. The molecule has 16 heavy (non-hydrogen) atoms. The van der Waals surface area contributed by atoms with Gasteiger partial charge in [-0.3, -0.25) is 9.69 Å². The largest absolute Gasteiger partial charge is 0.298 e. The topological polar surface area (TPSA) is 20.3 Å². The lowest BCUT2D eigenvalue weighted by molar-refractivity contribution is -0.125. The van der Waals surface area contributed by atoms with E-state index in [0.717, 1.165) is 25.8 Å². The van der Waals surface area contributed by atoms with Crippen LogP contribution < -0.4 is 0 Å². The molecule has 0 aliphatic heterocycles. The van der Waals surface area contributed by atoms with Gasteiger partial charge in [0.05, 0.1) is 6.04 Å². The Bertz CT molecular complexity index is 233. The predicted molar refractivity (Wildman–Crippen MR) is 66.5 cm³/mol. The van der Waals surface area contributed by atoms with E-state index in [1.54, 1.807) is 0 Å². The molecule has 1 atom stereocenters. The van der Waals surface area contributed by atoms with Crippen LogP contribution in [0.3, 0.4) is 0 Å². The monoisotopic (exact) mass is 223 g/mol. The molecule has 0 radical (unpaired) electrons. The maximum absolute atomic E-state index is 12.1. The zero-order valence-electron chi connectivity index (χ0n) is 10.6. The summed E-state index contributed by atoms with van der Waals surface area (Å²) in [5, 5.41) is 0. The highest BCUT2D eigenvalue weighted by atomic mass is 16.1. The molecule has 2 aliphatic rings. The van der Waals surface area contributed by atoms with Crippen molar-refractivity contribution in [2.45, 2.75) is 76.8 Å². The highest BCUT2D eigenvalue weighted by Crippen LogP contribution is 2.28. The average Bonchev–Trinajstić information content (AvgIpc) is 2.72. The van der Waals surface area contributed by atoms with E-state index in [0.29, 0.717) is 11.8 Å². The van der Waals surface area contributed by atoms with Crippen LogP contribution in [0.1, 0.15) is 64.7 Å². The van der Waals surface area contributed by atoms with Gasteiger partial charge in [0.2, 0.25) is 0 Å². The molecule has 2 nitrogen and oxygen atoms in total. The van der Waals surface area contributed by atoms with Crippen LogP contribution >= 0.6 is 0 Å². The van der Waals surface area contributed by atoms with E-state index in [1.165, 1.54) is 38.5 Å². The third-order valence-corrected chi connectivity index (χ3v) is 4.33. The second kappa shape index (κ2) is 5.81. The zero-order chi connectivity index (χ0) is 11.4. The van der Waals surface area contributed by atoms with Gasteiger partial charge in [-0.15, -0.1) is 0 Å². The van der Waals surface area contributed by atoms with Gasteiger partial charge in [-0.1, -0.05) is 32.6 Å². The Balaban J connectivity index is 2.02. The van der Waals surface area contributed by atoms with Gasteiger partial charge in [0.1, 0.15) is 5.78 Å². The van der Waals surface area contributed by atoms with Crippen LogP contribution in [0, 0.1) is 0 Å². The Kier molecular flexibility index (Phi) is 4.39. The highest BCUT2D eigenvalue weighted by Gasteiger charge is 2.31. The SMILES string of the molecule is CCN(C1CCCC1)C1CCCCCC1=O. The molecule has 2 fully saturated rings. The minimum Gasteiger partial charge on any atom is -0.298 e. The molecular weight excluding hydrogens is 198 g/mol. The first-order chi connectivity index (χ1) is 7.83. The molecule has 2 rings (SSSR count). The van der Waals surface area contributed by atoms with E-state index >= 15 is 0 Å². The first-order valence-corrected chi connectivity index (χ1v) is 7.11. The van der Waals surface area contributed by atoms with Crippen LogP contribution in [0.15, 0.2) is 0 Å². The maximum atomic E-state index is 12.1. The molecule has 2 aliphatic carbocycles. The van der Waals surface area contributed by atoms with Gasteiger partial charge >= 0.3 is 0 Å². The number of Topliss-reactive ketones (excluding diaryl/α,β-unsaturated/α-hetero) is 1. The summed E-state index contributed by atoms with van der Waals surface area (Å²) in [5.74, 6) is 0.520. The maximum Gasteiger partial charge on any atom is 0.149 e. The van der Waals surface area contributed by atoms with Crippen LogP contribution in [-0.2, 0) is 4.79 Å². The molecule has 0 amide bonds. The fourth-order valence-electron chi connectivity index (χ4n) is 3.46. The number of carbonyl (C=O) groups excluding carboxylic acids is 1. The predicted octanol–water partition coefficient (Wildman–Crippen LogP) is 3.15. The smallest absolute Gasteiger partial charge is 0.149 e. The number of ketones is 1. The number of hydrogen-bond donors (Lipinski definition) is 0. The lowest BCUT2D eigenvalue weighted by Gasteiger charge is -2.34. The van der Waals surface area contributed by atoms with E-state index in [4.69, 9.17) is 0 Å². The van der Waals surface area contributed by atoms with Gasteiger partial charge in [0.25, 0.3) is 0 Å². The Morgan fingerprint density at radius 1 is 1.06 bits per heavy atom. The molecule has 0 saturated heterocycles. The Labute approximate surface area is 99.4 Å². The summed E-state index contributed by atoms with van der Waals surface area (Å²) in [6.07, 6.45) is 10.9. The molecule has 0 aromatic carbocycles. The molecule has 0 bridgehead atoms. The van der Waals surface area contributed by atoms with Crippen molar-refractivity contribution >= 4 is 5.78 Å². The van der Waals surface area contributed by atoms with Crippen LogP contribution in [0.25, 0.3) is 0 Å². The molecule has 1 unspecified atom stereocenters. The summed E-state index contributed by atoms with van der Waals surface area (Å²) in [6.45, 7) is 3.28. The Morgan fingerprint density at radius 3 is 2.44 bits per heavy atom. The van der Waals surface area contributed by atoms with Crippen LogP contribution in [0.4, 0.5) is 0 Å². The standard InChI is InChI=1S/C14H25NO/c1-2-15(12-8-6-7-9-12)13-10-4-3-5-11-14(13)16/h12-13H,2-11H2,1H3. The van der Waals surface area contributed by atoms with Crippen molar-refractivity contribution in [2.24, 2.45) is 0 Å². The fraction of sp³-hybridized carbons (Fsp3) is 0.929. The number of hydrogen-bond acceptors (Lipinski definition) is 2.